The quantitative estimate of drug-likeness (QED) is 0.748. The fraction of sp³-hybridized carbons (Fsp3) is 0.400. The van der Waals surface area contributed by atoms with Gasteiger partial charge in [0.2, 0.25) is 0 Å². The van der Waals surface area contributed by atoms with Crippen LogP contribution in [0, 0.1) is 0 Å². The van der Waals surface area contributed by atoms with Crippen LogP contribution in [-0.2, 0) is 16.5 Å². The Morgan fingerprint density at radius 2 is 1.86 bits per heavy atom. The van der Waals surface area contributed by atoms with Crippen LogP contribution < -0.4 is 5.73 Å². The first kappa shape index (κ1) is 11.4. The van der Waals surface area contributed by atoms with Crippen LogP contribution in [0.4, 0.5) is 0 Å². The molecule has 0 aliphatic heterocycles. The molecule has 0 saturated heterocycles. The summed E-state index contributed by atoms with van der Waals surface area (Å²) >= 11 is -1.90. The molecule has 1 atom stereocenters. The summed E-state index contributed by atoms with van der Waals surface area (Å²) in [6.07, 6.45) is 0. The van der Waals surface area contributed by atoms with Crippen LogP contribution >= 0.6 is 0 Å². The summed E-state index contributed by atoms with van der Waals surface area (Å²) in [5, 5.41) is 0. The number of rotatable bonds is 3. The zero-order valence-electron chi connectivity index (χ0n) is 8.36. The third-order valence-corrected chi connectivity index (χ3v) is 3.02. The summed E-state index contributed by atoms with van der Waals surface area (Å²) in [6, 6.07) is 7.00. The van der Waals surface area contributed by atoms with Gasteiger partial charge in [-0.1, -0.05) is 26.0 Å². The highest BCUT2D eigenvalue weighted by molar-refractivity contribution is 7.79. The summed E-state index contributed by atoms with van der Waals surface area (Å²) < 4.78 is 19.5. The average molecular weight is 213 g/mol. The number of benzene rings is 1. The van der Waals surface area contributed by atoms with Crippen molar-refractivity contribution in [3.05, 3.63) is 29.8 Å². The van der Waals surface area contributed by atoms with E-state index >= 15 is 0 Å². The molecule has 0 fully saturated rings. The smallest absolute Gasteiger partial charge is 0.186 e. The molecule has 3 N–H and O–H groups in total. The second-order valence-corrected chi connectivity index (χ2v) is 4.83. The third-order valence-electron chi connectivity index (χ3n) is 2.35. The van der Waals surface area contributed by atoms with Crippen LogP contribution in [0.2, 0.25) is 0 Å². The van der Waals surface area contributed by atoms with Gasteiger partial charge >= 0.3 is 0 Å². The van der Waals surface area contributed by atoms with Gasteiger partial charge in [-0.3, -0.25) is 0 Å². The number of hydrogen-bond acceptors (Lipinski definition) is 2. The van der Waals surface area contributed by atoms with Crippen molar-refractivity contribution in [2.24, 2.45) is 5.73 Å². The van der Waals surface area contributed by atoms with Crippen molar-refractivity contribution in [2.75, 3.05) is 6.54 Å². The van der Waals surface area contributed by atoms with Gasteiger partial charge in [-0.15, -0.1) is 0 Å². The van der Waals surface area contributed by atoms with Crippen LogP contribution in [0.3, 0.4) is 0 Å². The zero-order valence-corrected chi connectivity index (χ0v) is 9.17. The van der Waals surface area contributed by atoms with E-state index in [4.69, 9.17) is 10.3 Å². The molecule has 1 aromatic carbocycles. The van der Waals surface area contributed by atoms with Gasteiger partial charge < -0.3 is 10.3 Å². The maximum absolute atomic E-state index is 10.7. The molecule has 1 aromatic rings. The van der Waals surface area contributed by atoms with E-state index in [9.17, 15) is 4.21 Å². The van der Waals surface area contributed by atoms with E-state index in [1.807, 2.05) is 26.0 Å². The van der Waals surface area contributed by atoms with Gasteiger partial charge in [-0.25, -0.2) is 4.21 Å². The van der Waals surface area contributed by atoms with Crippen LogP contribution in [0.15, 0.2) is 29.2 Å². The van der Waals surface area contributed by atoms with E-state index in [0.717, 1.165) is 5.56 Å². The topological polar surface area (TPSA) is 63.3 Å². The fourth-order valence-electron chi connectivity index (χ4n) is 1.14. The molecule has 0 amide bonds. The lowest BCUT2D eigenvalue weighted by Gasteiger charge is -2.22. The van der Waals surface area contributed by atoms with Crippen molar-refractivity contribution in [3.63, 3.8) is 0 Å². The summed E-state index contributed by atoms with van der Waals surface area (Å²) in [5.74, 6) is 0. The summed E-state index contributed by atoms with van der Waals surface area (Å²) in [4.78, 5) is 0.418. The Kier molecular flexibility index (Phi) is 3.42. The molecule has 1 rings (SSSR count). The van der Waals surface area contributed by atoms with E-state index in [1.165, 1.54) is 0 Å². The lowest BCUT2D eigenvalue weighted by atomic mass is 9.85. The molecule has 14 heavy (non-hydrogen) atoms. The molecule has 0 aliphatic carbocycles. The minimum atomic E-state index is -1.90. The molecule has 1 unspecified atom stereocenters. The summed E-state index contributed by atoms with van der Waals surface area (Å²) in [7, 11) is 0. The monoisotopic (exact) mass is 213 g/mol. The molecule has 0 aromatic heterocycles. The van der Waals surface area contributed by atoms with Crippen molar-refractivity contribution < 1.29 is 8.76 Å². The molecule has 0 saturated carbocycles. The van der Waals surface area contributed by atoms with Gasteiger partial charge in [-0.05, 0) is 17.7 Å². The minimum Gasteiger partial charge on any atom is -0.330 e. The minimum absolute atomic E-state index is 0.0878. The van der Waals surface area contributed by atoms with Crippen LogP contribution in [0.5, 0.6) is 0 Å². The highest BCUT2D eigenvalue weighted by Gasteiger charge is 2.18. The van der Waals surface area contributed by atoms with Gasteiger partial charge in [-0.2, -0.15) is 0 Å². The second-order valence-electron chi connectivity index (χ2n) is 3.86. The Bertz CT molecular complexity index is 332. The SMILES string of the molecule is CC(C)(CN)c1ccc(S(=O)O)cc1. The lowest BCUT2D eigenvalue weighted by molar-refractivity contribution is 0.537. The lowest BCUT2D eigenvalue weighted by Crippen LogP contribution is -2.27. The first-order valence-corrected chi connectivity index (χ1v) is 5.49. The molecule has 0 spiro atoms. The third kappa shape index (κ3) is 2.41. The highest BCUT2D eigenvalue weighted by atomic mass is 32.2. The van der Waals surface area contributed by atoms with Crippen LogP contribution in [-0.4, -0.2) is 15.3 Å². The first-order valence-electron chi connectivity index (χ1n) is 4.39. The number of hydrogen-bond donors (Lipinski definition) is 2. The Labute approximate surface area is 86.6 Å². The van der Waals surface area contributed by atoms with Gasteiger partial charge in [0.25, 0.3) is 0 Å². The summed E-state index contributed by atoms with van der Waals surface area (Å²) in [5.41, 5.74) is 6.62. The Balaban J connectivity index is 2.99. The van der Waals surface area contributed by atoms with Gasteiger partial charge in [0.15, 0.2) is 11.1 Å². The Morgan fingerprint density at radius 1 is 1.36 bits per heavy atom. The van der Waals surface area contributed by atoms with Crippen molar-refractivity contribution in [1.29, 1.82) is 0 Å². The van der Waals surface area contributed by atoms with Crippen molar-refractivity contribution >= 4 is 11.1 Å². The molecule has 0 bridgehead atoms. The molecular weight excluding hydrogens is 198 g/mol. The molecule has 0 radical (unpaired) electrons. The maximum atomic E-state index is 10.7. The maximum Gasteiger partial charge on any atom is 0.186 e. The van der Waals surface area contributed by atoms with Crippen LogP contribution in [0.1, 0.15) is 19.4 Å². The Morgan fingerprint density at radius 3 is 2.21 bits per heavy atom. The predicted molar refractivity (Wildman–Crippen MR) is 57.6 cm³/mol. The zero-order chi connectivity index (χ0) is 10.8. The van der Waals surface area contributed by atoms with E-state index in [2.05, 4.69) is 0 Å². The van der Waals surface area contributed by atoms with Gasteiger partial charge in [0, 0.05) is 12.0 Å². The largest absolute Gasteiger partial charge is 0.330 e. The van der Waals surface area contributed by atoms with E-state index in [-0.39, 0.29) is 5.41 Å². The van der Waals surface area contributed by atoms with Crippen molar-refractivity contribution in [1.82, 2.24) is 0 Å². The summed E-state index contributed by atoms with van der Waals surface area (Å²) in [6.45, 7) is 4.63. The van der Waals surface area contributed by atoms with Gasteiger partial charge in [0.05, 0.1) is 4.90 Å². The normalized spacial score (nSPS) is 14.0. The molecular formula is C10H15NO2S. The molecule has 4 heteroatoms. The second kappa shape index (κ2) is 4.21. The first-order chi connectivity index (χ1) is 6.47. The fourth-order valence-corrected chi connectivity index (χ4v) is 1.51. The number of nitrogens with two attached hydrogens (primary N) is 1. The molecule has 78 valence electrons. The van der Waals surface area contributed by atoms with E-state index in [1.54, 1.807) is 12.1 Å². The molecule has 0 aliphatic rings. The van der Waals surface area contributed by atoms with Gasteiger partial charge in [0.1, 0.15) is 0 Å². The van der Waals surface area contributed by atoms with Crippen molar-refractivity contribution in [2.45, 2.75) is 24.2 Å². The molecule has 3 nitrogen and oxygen atoms in total. The van der Waals surface area contributed by atoms with E-state index in [0.29, 0.717) is 11.4 Å². The molecule has 0 heterocycles. The van der Waals surface area contributed by atoms with Crippen LogP contribution in [0.25, 0.3) is 0 Å². The Hall–Kier alpha value is -0.710. The van der Waals surface area contributed by atoms with E-state index < -0.39 is 11.1 Å². The highest BCUT2D eigenvalue weighted by Crippen LogP contribution is 2.22. The standard InChI is InChI=1S/C10H15NO2S/c1-10(2,7-11)8-3-5-9(6-4-8)14(12)13/h3-6H,7,11H2,1-2H3,(H,12,13). The average Bonchev–Trinajstić information content (AvgIpc) is 2.18. The predicted octanol–water partition coefficient (Wildman–Crippen LogP) is 1.50. The van der Waals surface area contributed by atoms with Crippen molar-refractivity contribution in [3.8, 4) is 0 Å².